The minimum Gasteiger partial charge on any atom is -0.508 e. The number of Topliss-reactive ketones (excluding diaryl/α,β-unsaturated/α-hetero) is 1. The highest BCUT2D eigenvalue weighted by Crippen LogP contribution is 2.69. The molecule has 1 amide bonds. The van der Waals surface area contributed by atoms with Gasteiger partial charge in [0.25, 0.3) is 12.3 Å². The SMILES string of the molecule is C/C(COCCN(C)C)=C1/CCC2C3CCc4cc(O)ccc4C3CCC12C.C/C(COCCN(C)C)=C1\CCC2C3CCc4cc(O)ccc4C3CCC12C.CN(C)C(=O)CC/C=C1\CCC2C3CCc4cc(O)ccc4C3CCC12C.CN(C)CCOC/C=C1\CC2(C)C(=O)CCC2C2CCc3cc(O)ccc3C12.CN(C)CCOC/C=C1\CCC2C3CCc4cc(OSOON)ccc4C3CCC12C. The third kappa shape index (κ3) is 23.4. The van der Waals surface area contributed by atoms with Crippen molar-refractivity contribution in [1.29, 1.82) is 0 Å². The van der Waals surface area contributed by atoms with Gasteiger partial charge in [-0.1, -0.05) is 111 Å². The average molecular weight is 1970 g/mol. The van der Waals surface area contributed by atoms with Crippen LogP contribution in [0.2, 0.25) is 0 Å². The van der Waals surface area contributed by atoms with E-state index in [2.05, 4.69) is 188 Å². The Labute approximate surface area is 857 Å². The number of aromatic hydroxyl groups is 4. The second kappa shape index (κ2) is 47.1. The largest absolute Gasteiger partial charge is 0.508 e. The average Bonchev–Trinajstić information content (AvgIpc) is 1.54. The second-order valence-electron chi connectivity index (χ2n) is 48.2. The third-order valence-electron chi connectivity index (χ3n) is 39.1. The van der Waals surface area contributed by atoms with E-state index in [1.807, 2.05) is 68.7 Å². The van der Waals surface area contributed by atoms with Crippen molar-refractivity contribution >= 4 is 24.0 Å². The molecule has 5 aromatic rings. The van der Waals surface area contributed by atoms with Crippen LogP contribution < -0.4 is 10.1 Å². The summed E-state index contributed by atoms with van der Waals surface area (Å²) in [7, 11) is 20.3. The lowest BCUT2D eigenvalue weighted by Gasteiger charge is -2.50. The maximum Gasteiger partial charge on any atom is 0.260 e. The molecule has 142 heavy (non-hydrogen) atoms. The molecule has 5 aromatic carbocycles. The minimum atomic E-state index is -0.203. The van der Waals surface area contributed by atoms with E-state index < -0.39 is 0 Å². The molecule has 20 atom stereocenters. The van der Waals surface area contributed by atoms with Crippen LogP contribution in [0.1, 0.15) is 301 Å². The fourth-order valence-corrected chi connectivity index (χ4v) is 32.2. The highest BCUT2D eigenvalue weighted by Gasteiger charge is 2.60. The summed E-state index contributed by atoms with van der Waals surface area (Å²) >= 11 is 0.737. The zero-order chi connectivity index (χ0) is 101. The lowest BCUT2D eigenvalue weighted by atomic mass is 9.54. The first kappa shape index (κ1) is 108. The smallest absolute Gasteiger partial charge is 0.260 e. The summed E-state index contributed by atoms with van der Waals surface area (Å²) < 4.78 is 33.7. The van der Waals surface area contributed by atoms with Gasteiger partial charge in [-0.3, -0.25) is 9.59 Å². The van der Waals surface area contributed by atoms with Crippen molar-refractivity contribution in [3.63, 3.8) is 0 Å². The molecule has 20 heteroatoms. The minimum absolute atomic E-state index is 0.203. The molecule has 6 N–H and O–H groups in total. The summed E-state index contributed by atoms with van der Waals surface area (Å²) in [5.74, 6) is 18.3. The maximum absolute atomic E-state index is 12.8. The Balaban J connectivity index is 0.000000128. The fraction of sp³-hybridized carbons (Fsp3) is 0.656. The van der Waals surface area contributed by atoms with E-state index in [0.717, 1.165) is 195 Å². The van der Waals surface area contributed by atoms with Gasteiger partial charge in [0.2, 0.25) is 5.91 Å². The van der Waals surface area contributed by atoms with Gasteiger partial charge in [0.15, 0.2) is 0 Å². The first-order valence-electron chi connectivity index (χ1n) is 55.0. The van der Waals surface area contributed by atoms with Crippen molar-refractivity contribution in [3.8, 4) is 28.7 Å². The van der Waals surface area contributed by atoms with Gasteiger partial charge in [-0.15, -0.1) is 9.32 Å². The number of fused-ring (bicyclic) bond motifs is 25. The molecule has 10 fully saturated rings. The van der Waals surface area contributed by atoms with Gasteiger partial charge in [-0.2, -0.15) is 5.90 Å². The zero-order valence-electron chi connectivity index (χ0n) is 89.6. The molecule has 20 rings (SSSR count). The predicted molar refractivity (Wildman–Crippen MR) is 572 cm³/mol. The number of ether oxygens (including phenoxy) is 4. The van der Waals surface area contributed by atoms with Crippen molar-refractivity contribution in [1.82, 2.24) is 24.5 Å². The molecule has 15 aliphatic rings. The number of benzene rings is 5. The molecule has 10 saturated carbocycles. The molecule has 0 bridgehead atoms. The summed E-state index contributed by atoms with van der Waals surface area (Å²) in [6.07, 6.45) is 43.4. The van der Waals surface area contributed by atoms with Crippen molar-refractivity contribution in [2.24, 2.45) is 92.2 Å². The molecule has 0 aliphatic heterocycles. The number of hydrogen-bond acceptors (Lipinski definition) is 19. The van der Waals surface area contributed by atoms with E-state index in [9.17, 15) is 30.0 Å². The number of phenolic OH excluding ortho intramolecular Hbond substituents is 4. The van der Waals surface area contributed by atoms with Crippen LogP contribution in [-0.4, -0.2) is 206 Å². The van der Waals surface area contributed by atoms with E-state index in [0.29, 0.717) is 112 Å². The Hall–Kier alpha value is -7.15. The molecule has 15 aliphatic carbocycles. The molecule has 778 valence electrons. The van der Waals surface area contributed by atoms with Crippen molar-refractivity contribution < 1.29 is 62.5 Å². The number of carbonyl (C=O) groups is 2. The maximum atomic E-state index is 12.8. The standard InChI is InChI=1S/2C25H37NO2.C24H36N2O4S.C24H33NO3.C24H33NO2/c2*1-17(16-28-14-13-26(3)4)23-9-10-24-22-7-5-18-15-19(27)6-8-20(18)21(22)11-12-25(23,24)2;1-24-12-10-21-20-8-6-19(28-31-30-29-25)16-17(20)4-7-22(21)23(24)9-5-18(24)11-14-27-15-13-26(2)3;1-24-15-17(10-12-28-13-11-25(2)3)23-19-7-5-18(26)14-16(19)4-6-20(23)21(24)8-9-22(24)27;1-24-14-13-20-19-11-9-18(26)15-16(19)7-10-21(20)22(24)12-8-17(24)5-4-6-23(27)25(2)3/h2*6,8,15,21-22,24,27H,5,7,9-14,16H2,1-4H3;6,8,11,16,21-23H,4-5,7,9-10,12-15,25H2,1-3H3;5,7,10,14,20-21,23,26H,4,6,8-9,11-13,15H2,1-3H3;5,9,11,15,20-22,26H,4,6-8,10,12-14H2,1-3H3/b23-17+;23-17-;18-11+;17-10+;17-5+. The Bertz CT molecular complexity index is 5220. The Morgan fingerprint density at radius 3 is 1.18 bits per heavy atom. The number of allylic oxidation sites excluding steroid dienone is 6. The van der Waals surface area contributed by atoms with Crippen LogP contribution in [-0.2, 0) is 70.0 Å². The van der Waals surface area contributed by atoms with Crippen LogP contribution in [0.3, 0.4) is 0 Å². The zero-order valence-corrected chi connectivity index (χ0v) is 90.5. The number of ketones is 1. The third-order valence-corrected chi connectivity index (χ3v) is 39.5. The van der Waals surface area contributed by atoms with Gasteiger partial charge in [-0.25, -0.2) is 0 Å². The van der Waals surface area contributed by atoms with Crippen LogP contribution in [0.4, 0.5) is 0 Å². The molecule has 0 heterocycles. The van der Waals surface area contributed by atoms with Gasteiger partial charge in [-0.05, 0) is 488 Å². The molecule has 0 radical (unpaired) electrons. The van der Waals surface area contributed by atoms with E-state index in [4.69, 9.17) is 29.0 Å². The van der Waals surface area contributed by atoms with Crippen LogP contribution in [0.15, 0.2) is 148 Å². The van der Waals surface area contributed by atoms with Gasteiger partial charge in [0.1, 0.15) is 34.5 Å². The quantitative estimate of drug-likeness (QED) is 0.0108. The number of amides is 1. The topological polar surface area (TPSA) is 222 Å². The lowest BCUT2D eigenvalue weighted by molar-refractivity contribution is -0.199. The highest BCUT2D eigenvalue weighted by molar-refractivity contribution is 7.90. The summed E-state index contributed by atoms with van der Waals surface area (Å²) in [5.41, 5.74) is 26.5. The van der Waals surface area contributed by atoms with Crippen molar-refractivity contribution in [2.75, 3.05) is 150 Å². The molecular formula is C122H176N6O13S. The van der Waals surface area contributed by atoms with E-state index in [-0.39, 0.29) is 11.3 Å². The van der Waals surface area contributed by atoms with Crippen LogP contribution in [0.25, 0.3) is 0 Å². The van der Waals surface area contributed by atoms with Gasteiger partial charge in [0.05, 0.1) is 52.9 Å². The molecular weight excluding hydrogens is 1790 g/mol. The monoisotopic (exact) mass is 1970 g/mol. The molecule has 0 saturated heterocycles. The lowest BCUT2D eigenvalue weighted by Crippen LogP contribution is -2.43. The van der Waals surface area contributed by atoms with Gasteiger partial charge < -0.3 is 68.1 Å². The Morgan fingerprint density at radius 1 is 0.401 bits per heavy atom. The molecule has 20 unspecified atom stereocenters. The van der Waals surface area contributed by atoms with Crippen LogP contribution in [0.5, 0.6) is 28.7 Å². The number of nitrogens with zero attached hydrogens (tertiary/aromatic N) is 5. The summed E-state index contributed by atoms with van der Waals surface area (Å²) in [6, 6.07) is 30.6. The number of likely N-dealkylation sites (N-methyl/N-ethyl adjacent to an activating group) is 4. The molecule has 0 aromatic heterocycles. The molecule has 19 nitrogen and oxygen atoms in total. The van der Waals surface area contributed by atoms with Crippen molar-refractivity contribution in [2.45, 2.75) is 277 Å². The first-order valence-corrected chi connectivity index (χ1v) is 55.7. The van der Waals surface area contributed by atoms with Crippen LogP contribution in [0, 0.1) is 86.3 Å². The number of hydrogen-bond donors (Lipinski definition) is 5. The van der Waals surface area contributed by atoms with Gasteiger partial charge in [0, 0.05) is 64.4 Å². The number of aryl methyl sites for hydroxylation is 5. The number of nitrogens with two attached hydrogens (primary N) is 1. The summed E-state index contributed by atoms with van der Waals surface area (Å²) in [5, 5.41) is 39.5. The Morgan fingerprint density at radius 2 is 0.754 bits per heavy atom. The van der Waals surface area contributed by atoms with Crippen molar-refractivity contribution in [3.05, 3.63) is 204 Å². The Kier molecular flexibility index (Phi) is 35.7. The number of phenols is 4. The fourth-order valence-electron chi connectivity index (χ4n) is 32.0. The first-order chi connectivity index (χ1) is 68.1. The van der Waals surface area contributed by atoms with E-state index >= 15 is 0 Å². The second-order valence-corrected chi connectivity index (χ2v) is 48.7. The highest BCUT2D eigenvalue weighted by atomic mass is 32.2. The van der Waals surface area contributed by atoms with Gasteiger partial charge >= 0.3 is 0 Å². The van der Waals surface area contributed by atoms with E-state index in [1.54, 1.807) is 27.2 Å². The summed E-state index contributed by atoms with van der Waals surface area (Å²) in [6.45, 7) is 26.9. The van der Waals surface area contributed by atoms with Crippen LogP contribution >= 0.6 is 12.3 Å². The summed E-state index contributed by atoms with van der Waals surface area (Å²) in [4.78, 5) is 39.1. The van der Waals surface area contributed by atoms with E-state index in [1.165, 1.54) is 201 Å². The normalized spacial score (nSPS) is 32.8. The molecule has 0 spiro atoms. The predicted octanol–water partition coefficient (Wildman–Crippen LogP) is 24.1. The number of carbonyl (C=O) groups excluding carboxylic acids is 2. The number of rotatable bonds is 27.